The number of cyclic esters (lactones) is 1. The third-order valence-corrected chi connectivity index (χ3v) is 11.2. The maximum absolute atomic E-state index is 13.4. The molecule has 3 rings (SSSR count). The van der Waals surface area contributed by atoms with Crippen molar-refractivity contribution in [1.29, 1.82) is 0 Å². The lowest BCUT2D eigenvalue weighted by Gasteiger charge is -2.45. The Balaban J connectivity index is 1.86. The van der Waals surface area contributed by atoms with Gasteiger partial charge in [-0.15, -0.1) is 11.3 Å². The summed E-state index contributed by atoms with van der Waals surface area (Å²) in [5.41, 5.74) is -3.16. The van der Waals surface area contributed by atoms with E-state index >= 15 is 0 Å². The Morgan fingerprint density at radius 1 is 1.02 bits per heavy atom. The van der Waals surface area contributed by atoms with Crippen molar-refractivity contribution in [2.75, 3.05) is 26.2 Å². The van der Waals surface area contributed by atoms with Crippen LogP contribution in [0.4, 0.5) is 0 Å². The molecule has 50 heavy (non-hydrogen) atoms. The maximum Gasteiger partial charge on any atom is 0.311 e. The topological polar surface area (TPSA) is 192 Å². The molecule has 13 nitrogen and oxygen atoms in total. The van der Waals surface area contributed by atoms with Crippen molar-refractivity contribution in [2.45, 2.75) is 142 Å². The van der Waals surface area contributed by atoms with Gasteiger partial charge < -0.3 is 55.2 Å². The minimum atomic E-state index is -1.89. The molecule has 2 aliphatic rings. The summed E-state index contributed by atoms with van der Waals surface area (Å²) in [5.74, 6) is -3.98. The molecular formula is C36H63N3O10S. The van der Waals surface area contributed by atoms with Gasteiger partial charge in [0.1, 0.15) is 24.4 Å². The van der Waals surface area contributed by atoms with E-state index < -0.39 is 77.7 Å². The van der Waals surface area contributed by atoms with E-state index in [4.69, 9.17) is 19.0 Å². The molecule has 0 bridgehead atoms. The van der Waals surface area contributed by atoms with Gasteiger partial charge in [0.05, 0.1) is 41.6 Å². The van der Waals surface area contributed by atoms with E-state index in [9.17, 15) is 30.3 Å². The van der Waals surface area contributed by atoms with Gasteiger partial charge >= 0.3 is 5.97 Å². The highest BCUT2D eigenvalue weighted by atomic mass is 32.1. The average Bonchev–Trinajstić information content (AvgIpc) is 3.59. The van der Waals surface area contributed by atoms with E-state index in [1.807, 2.05) is 25.3 Å². The monoisotopic (exact) mass is 729 g/mol. The fourth-order valence-electron chi connectivity index (χ4n) is 7.16. The molecule has 13 atom stereocenters. The molecule has 1 aromatic heterocycles. The Morgan fingerprint density at radius 2 is 1.72 bits per heavy atom. The molecule has 2 fully saturated rings. The van der Waals surface area contributed by atoms with Gasteiger partial charge in [0.2, 0.25) is 0 Å². The second kappa shape index (κ2) is 19.4. The molecule has 2 saturated heterocycles. The molecule has 288 valence electrons. The lowest BCUT2D eigenvalue weighted by Crippen LogP contribution is -2.58. The fourth-order valence-corrected chi connectivity index (χ4v) is 7.83. The molecule has 0 aromatic carbocycles. The predicted octanol–water partition coefficient (Wildman–Crippen LogP) is 2.56. The van der Waals surface area contributed by atoms with Gasteiger partial charge in [-0.2, -0.15) is 0 Å². The number of carbonyl (C=O) groups is 1. The second-order valence-electron chi connectivity index (χ2n) is 14.8. The normalized spacial score (nSPS) is 40.3. The van der Waals surface area contributed by atoms with E-state index in [0.717, 1.165) is 19.6 Å². The fraction of sp³-hybridized carbons (Fsp3) is 0.833. The Labute approximate surface area is 301 Å². The number of nitrogens with zero attached hydrogens (tertiary/aromatic N) is 1. The van der Waals surface area contributed by atoms with Crippen LogP contribution in [0.3, 0.4) is 0 Å². The maximum atomic E-state index is 13.4. The average molecular weight is 730 g/mol. The number of hydrogen-bond donors (Lipinski definition) is 7. The first kappa shape index (κ1) is 42.7. The van der Waals surface area contributed by atoms with E-state index in [-0.39, 0.29) is 25.6 Å². The highest BCUT2D eigenvalue weighted by molar-refractivity contribution is 7.09. The summed E-state index contributed by atoms with van der Waals surface area (Å²) in [6, 6.07) is 4.11. The largest absolute Gasteiger partial charge is 0.459 e. The first-order chi connectivity index (χ1) is 23.5. The predicted molar refractivity (Wildman–Crippen MR) is 191 cm³/mol. The van der Waals surface area contributed by atoms with Crippen LogP contribution in [0.2, 0.25) is 0 Å². The summed E-state index contributed by atoms with van der Waals surface area (Å²) in [7, 11) is 0. The molecule has 1 unspecified atom stereocenters. The number of ether oxygens (including phenoxy) is 3. The lowest BCUT2D eigenvalue weighted by atomic mass is 9.73. The van der Waals surface area contributed by atoms with Crippen molar-refractivity contribution in [3.8, 4) is 0 Å². The van der Waals surface area contributed by atoms with Crippen LogP contribution in [0, 0.1) is 23.7 Å². The third kappa shape index (κ3) is 11.4. The highest BCUT2D eigenvalue weighted by Gasteiger charge is 2.50. The molecule has 14 heteroatoms. The van der Waals surface area contributed by atoms with Gasteiger partial charge in [0, 0.05) is 48.8 Å². The van der Waals surface area contributed by atoms with Crippen molar-refractivity contribution in [1.82, 2.24) is 10.6 Å². The molecule has 0 amide bonds. The first-order valence-electron chi connectivity index (χ1n) is 18.1. The number of rotatable bonds is 12. The van der Waals surface area contributed by atoms with Crippen molar-refractivity contribution in [3.63, 3.8) is 0 Å². The molecule has 0 radical (unpaired) electrons. The summed E-state index contributed by atoms with van der Waals surface area (Å²) >= 11 is 1.71. The van der Waals surface area contributed by atoms with Crippen LogP contribution < -0.4 is 10.6 Å². The van der Waals surface area contributed by atoms with Crippen molar-refractivity contribution >= 4 is 23.0 Å². The van der Waals surface area contributed by atoms with E-state index in [1.54, 1.807) is 39.0 Å². The van der Waals surface area contributed by atoms with Crippen LogP contribution in [0.5, 0.6) is 0 Å². The Kier molecular flexibility index (Phi) is 16.5. The number of carbonyl (C=O) groups excluding carboxylic acids is 1. The molecule has 2 aliphatic heterocycles. The van der Waals surface area contributed by atoms with Crippen LogP contribution in [0.25, 0.3) is 0 Å². The van der Waals surface area contributed by atoms with E-state index in [2.05, 4.69) is 21.9 Å². The molecule has 0 aliphatic carbocycles. The number of thiophene rings is 1. The van der Waals surface area contributed by atoms with Crippen LogP contribution in [-0.4, -0.2) is 118 Å². The highest BCUT2D eigenvalue weighted by Crippen LogP contribution is 2.37. The number of aliphatic hydroxyl groups excluding tert-OH is 3. The van der Waals surface area contributed by atoms with Crippen molar-refractivity contribution < 1.29 is 49.4 Å². The van der Waals surface area contributed by atoms with Gasteiger partial charge in [0.25, 0.3) is 0 Å². The molecule has 0 spiro atoms. The summed E-state index contributed by atoms with van der Waals surface area (Å²) in [4.78, 5) is 20.4. The Morgan fingerprint density at radius 3 is 2.38 bits per heavy atom. The summed E-state index contributed by atoms with van der Waals surface area (Å²) in [6.45, 7) is 16.4. The van der Waals surface area contributed by atoms with Gasteiger partial charge in [-0.3, -0.25) is 4.79 Å². The number of hydrogen-bond acceptors (Lipinski definition) is 14. The number of aliphatic hydroxyl groups is 5. The smallest absolute Gasteiger partial charge is 0.311 e. The molecule has 7 N–H and O–H groups in total. The number of oxime groups is 1. The summed E-state index contributed by atoms with van der Waals surface area (Å²) in [6.07, 6.45) is -5.85. The van der Waals surface area contributed by atoms with Crippen molar-refractivity contribution in [3.05, 3.63) is 22.4 Å². The minimum Gasteiger partial charge on any atom is -0.459 e. The van der Waals surface area contributed by atoms with Crippen LogP contribution in [0.1, 0.15) is 86.0 Å². The van der Waals surface area contributed by atoms with Gasteiger partial charge in [-0.25, -0.2) is 0 Å². The Hall–Kier alpha value is -1.72. The van der Waals surface area contributed by atoms with Crippen LogP contribution in [0.15, 0.2) is 22.7 Å². The van der Waals surface area contributed by atoms with Gasteiger partial charge in [0.15, 0.2) is 6.29 Å². The lowest BCUT2D eigenvalue weighted by molar-refractivity contribution is -0.289. The van der Waals surface area contributed by atoms with Crippen LogP contribution >= 0.6 is 11.3 Å². The summed E-state index contributed by atoms with van der Waals surface area (Å²) < 4.78 is 18.0. The third-order valence-electron chi connectivity index (χ3n) is 10.3. The number of nitrogens with one attached hydrogen (secondary N) is 2. The first-order valence-corrected chi connectivity index (χ1v) is 19.0. The quantitative estimate of drug-likeness (QED) is 0.0947. The summed E-state index contributed by atoms with van der Waals surface area (Å²) in [5, 5.41) is 70.9. The second-order valence-corrected chi connectivity index (χ2v) is 15.8. The Bertz CT molecular complexity index is 1180. The molecular weight excluding hydrogens is 666 g/mol. The van der Waals surface area contributed by atoms with Crippen LogP contribution in [-0.2, 0) is 30.4 Å². The zero-order chi connectivity index (χ0) is 37.2. The molecule has 3 heterocycles. The van der Waals surface area contributed by atoms with Crippen molar-refractivity contribution in [2.24, 2.45) is 28.8 Å². The zero-order valence-electron chi connectivity index (χ0n) is 31.1. The minimum absolute atomic E-state index is 0.0404. The molecule has 1 aromatic rings. The molecule has 0 saturated carbocycles. The van der Waals surface area contributed by atoms with E-state index in [1.165, 1.54) is 18.7 Å². The van der Waals surface area contributed by atoms with E-state index in [0.29, 0.717) is 25.1 Å². The zero-order valence-corrected chi connectivity index (χ0v) is 31.9. The number of esters is 1. The van der Waals surface area contributed by atoms with Gasteiger partial charge in [-0.1, -0.05) is 38.9 Å². The standard InChI is InChI=1S/C36H63N3O10S/c1-9-28-36(8,45)31(42)23(4)29(39-46-17-16-37-14-15-38-20-26-11-10-18-50-26)21(2)19-35(7,44)32(24(5)30(41)25(6)33(43)48-28)49-34-27(40)13-12-22(3)47-34/h10-11,18,21-25,27-28,30-32,34,37-38,40-42,44-45H,9,12-17,19-20H2,1-8H3/b39-29+/t21-,22-,23+,24+,25-,27-,28-,30+,31-,32-,34+,35?,36-/m1/s1. The SMILES string of the molecule is CC[C@H]1OC(=O)[C@H](C)[C@@H](O)[C@H](C)[C@@H](O[C@@H]2O[C@H](C)CC[C@H]2O)C(C)(O)C[C@@H](C)/C(=N\OCCNCCNCc2cccs2)[C@H](C)[C@@H](O)[C@]1(C)O. The van der Waals surface area contributed by atoms with Gasteiger partial charge in [-0.05, 0) is 64.8 Å².